The number of hydrogen-bond acceptors (Lipinski definition) is 9. The van der Waals surface area contributed by atoms with Crippen molar-refractivity contribution < 1.29 is 19.2 Å². The van der Waals surface area contributed by atoms with Gasteiger partial charge in [-0.2, -0.15) is 0 Å². The zero-order valence-corrected chi connectivity index (χ0v) is 30.1. The molecular weight excluding hydrogens is 673 g/mol. The third kappa shape index (κ3) is 6.81. The van der Waals surface area contributed by atoms with Crippen LogP contribution in [0.25, 0.3) is 11.8 Å². The van der Waals surface area contributed by atoms with Gasteiger partial charge in [0.25, 0.3) is 11.2 Å². The number of para-hydroxylation sites is 1. The van der Waals surface area contributed by atoms with Crippen LogP contribution in [-0.4, -0.2) is 32.7 Å². The maximum absolute atomic E-state index is 14.3. The summed E-state index contributed by atoms with van der Waals surface area (Å²) in [5, 5.41) is 11.0. The number of carbonyl (C=O) groups is 1. The fraction of sp³-hybridized carbons (Fsp3) is 0.237. The number of thiazole rings is 1. The lowest BCUT2D eigenvalue weighted by atomic mass is 9.95. The van der Waals surface area contributed by atoms with E-state index in [9.17, 15) is 19.7 Å². The molecule has 0 aliphatic carbocycles. The Kier molecular flexibility index (Phi) is 9.94. The molecule has 0 spiro atoms. The second-order valence-corrected chi connectivity index (χ2v) is 14.2. The zero-order valence-electron chi connectivity index (χ0n) is 28.5. The highest BCUT2D eigenvalue weighted by atomic mass is 32.2. The quantitative estimate of drug-likeness (QED) is 0.0867. The van der Waals surface area contributed by atoms with Crippen LogP contribution in [0.15, 0.2) is 110 Å². The van der Waals surface area contributed by atoms with E-state index in [2.05, 4.69) is 4.57 Å². The number of fused-ring (bicyclic) bond motifs is 1. The van der Waals surface area contributed by atoms with E-state index in [0.717, 1.165) is 32.4 Å². The van der Waals surface area contributed by atoms with E-state index in [0.29, 0.717) is 31.9 Å². The van der Waals surface area contributed by atoms with Crippen LogP contribution in [0.4, 0.5) is 5.69 Å². The lowest BCUT2D eigenvalue weighted by Crippen LogP contribution is -2.40. The van der Waals surface area contributed by atoms with E-state index in [1.165, 1.54) is 35.2 Å². The van der Waals surface area contributed by atoms with Gasteiger partial charge in [-0.3, -0.25) is 19.5 Å². The molecule has 5 aromatic rings. The van der Waals surface area contributed by atoms with Crippen LogP contribution in [0.2, 0.25) is 0 Å². The lowest BCUT2D eigenvalue weighted by Gasteiger charge is -2.26. The molecule has 3 heterocycles. The van der Waals surface area contributed by atoms with E-state index in [1.807, 2.05) is 88.4 Å². The van der Waals surface area contributed by atoms with Gasteiger partial charge in [0.2, 0.25) is 0 Å². The summed E-state index contributed by atoms with van der Waals surface area (Å²) in [5.41, 5.74) is 5.09. The van der Waals surface area contributed by atoms with Gasteiger partial charge in [-0.1, -0.05) is 41.3 Å². The fourth-order valence-electron chi connectivity index (χ4n) is 6.06. The summed E-state index contributed by atoms with van der Waals surface area (Å²) in [6.45, 7) is 11.6. The number of ether oxygens (including phenoxy) is 2. The Labute approximate surface area is 297 Å². The van der Waals surface area contributed by atoms with E-state index >= 15 is 0 Å². The fourth-order valence-corrected chi connectivity index (χ4v) is 7.91. The van der Waals surface area contributed by atoms with Crippen LogP contribution >= 0.6 is 23.1 Å². The molecule has 0 unspecified atom stereocenters. The van der Waals surface area contributed by atoms with Crippen molar-refractivity contribution in [1.82, 2.24) is 9.13 Å². The van der Waals surface area contributed by atoms with Crippen molar-refractivity contribution in [2.45, 2.75) is 63.5 Å². The minimum absolute atomic E-state index is 0.0604. The molecule has 0 bridgehead atoms. The Bertz CT molecular complexity index is 2320. The second-order valence-electron chi connectivity index (χ2n) is 12.0. The number of nitro groups is 1. The number of benzene rings is 3. The predicted molar refractivity (Wildman–Crippen MR) is 195 cm³/mol. The van der Waals surface area contributed by atoms with Gasteiger partial charge >= 0.3 is 5.97 Å². The third-order valence-corrected chi connectivity index (χ3v) is 10.2. The number of carbonyl (C=O) groups excluding carboxylic acids is 1. The lowest BCUT2D eigenvalue weighted by molar-refractivity contribution is -0.384. The van der Waals surface area contributed by atoms with E-state index in [-0.39, 0.29) is 24.0 Å². The minimum atomic E-state index is -0.780. The van der Waals surface area contributed by atoms with Crippen molar-refractivity contribution in [2.24, 2.45) is 4.99 Å². The zero-order chi connectivity index (χ0) is 35.7. The van der Waals surface area contributed by atoms with Crippen LogP contribution in [0.3, 0.4) is 0 Å². The smallest absolute Gasteiger partial charge is 0.338 e. The Hall–Kier alpha value is -5.20. The predicted octanol–water partition coefficient (Wildman–Crippen LogP) is 7.05. The molecule has 12 heteroatoms. The average Bonchev–Trinajstić information content (AvgIpc) is 3.54. The number of rotatable bonds is 10. The summed E-state index contributed by atoms with van der Waals surface area (Å²) in [4.78, 5) is 45.4. The summed E-state index contributed by atoms with van der Waals surface area (Å²) >= 11 is 2.81. The highest BCUT2D eigenvalue weighted by Gasteiger charge is 2.35. The molecule has 1 aliphatic rings. The number of aryl methyl sites for hydroxylation is 1. The van der Waals surface area contributed by atoms with Gasteiger partial charge in [0, 0.05) is 44.6 Å². The summed E-state index contributed by atoms with van der Waals surface area (Å²) in [5.74, 6) is 0.0624. The van der Waals surface area contributed by atoms with Crippen LogP contribution in [-0.2, 0) is 9.53 Å². The molecule has 0 saturated carbocycles. The Morgan fingerprint density at radius 1 is 1.04 bits per heavy atom. The summed E-state index contributed by atoms with van der Waals surface area (Å²) < 4.78 is 15.8. The Morgan fingerprint density at radius 3 is 2.34 bits per heavy atom. The molecule has 0 saturated heterocycles. The molecular formula is C38H36N4O6S2. The number of hydrogen-bond donors (Lipinski definition) is 0. The first-order valence-corrected chi connectivity index (χ1v) is 17.8. The molecule has 10 nitrogen and oxygen atoms in total. The molecule has 3 aromatic carbocycles. The van der Waals surface area contributed by atoms with E-state index < -0.39 is 16.9 Å². The first kappa shape index (κ1) is 34.7. The Morgan fingerprint density at radius 2 is 1.70 bits per heavy atom. The molecule has 50 heavy (non-hydrogen) atoms. The maximum Gasteiger partial charge on any atom is 0.338 e. The van der Waals surface area contributed by atoms with Crippen molar-refractivity contribution in [1.29, 1.82) is 0 Å². The second kappa shape index (κ2) is 14.3. The minimum Gasteiger partial charge on any atom is -0.491 e. The van der Waals surface area contributed by atoms with Crippen molar-refractivity contribution >= 4 is 40.8 Å². The van der Waals surface area contributed by atoms with Crippen molar-refractivity contribution in [3.63, 3.8) is 0 Å². The molecule has 2 aromatic heterocycles. The molecule has 0 amide bonds. The van der Waals surface area contributed by atoms with Crippen LogP contribution < -0.4 is 19.6 Å². The number of nitrogens with zero attached hydrogens (tertiary/aromatic N) is 4. The number of nitro benzene ring substituents is 1. The first-order chi connectivity index (χ1) is 24.0. The molecule has 0 radical (unpaired) electrons. The maximum atomic E-state index is 14.3. The van der Waals surface area contributed by atoms with Gasteiger partial charge in [0.05, 0.1) is 33.4 Å². The topological polar surface area (TPSA) is 118 Å². The number of aromatic nitrogens is 2. The van der Waals surface area contributed by atoms with Gasteiger partial charge in [-0.25, -0.2) is 9.79 Å². The number of non-ortho nitro benzene ring substituents is 1. The van der Waals surface area contributed by atoms with Crippen LogP contribution in [0.5, 0.6) is 5.75 Å². The number of esters is 1. The largest absolute Gasteiger partial charge is 0.491 e. The highest BCUT2D eigenvalue weighted by Crippen LogP contribution is 2.36. The molecule has 1 aliphatic heterocycles. The van der Waals surface area contributed by atoms with Gasteiger partial charge in [-0.15, -0.1) is 0 Å². The van der Waals surface area contributed by atoms with E-state index in [4.69, 9.17) is 14.5 Å². The van der Waals surface area contributed by atoms with Gasteiger partial charge in [-0.05, 0) is 102 Å². The SMILES string of the molecule is CCOC(=O)C1=C(C)N=c2s/c(=C/c3cc(C)n(-c4ccc(Sc5ccc([N+](=O)[O-])cc5)cc4)c3C)c(=O)n2[C@H]1c1ccccc1OC(C)C. The van der Waals surface area contributed by atoms with Crippen LogP contribution in [0.1, 0.15) is 56.3 Å². The Balaban J connectivity index is 1.38. The highest BCUT2D eigenvalue weighted by molar-refractivity contribution is 7.99. The normalized spacial score (nSPS) is 14.5. The first-order valence-electron chi connectivity index (χ1n) is 16.1. The molecule has 1 atom stereocenters. The standard InChI is InChI=1S/C38H36N4O6S2/c1-7-47-37(44)34-24(5)39-38-41(35(34)31-10-8-9-11-32(31)48-22(2)3)36(43)33(50-38)21-26-20-23(4)40(25(26)6)27-12-16-29(17-13-27)49-30-18-14-28(15-19-30)42(45)46/h8-22,35H,7H2,1-6H3/b33-21+/t35-/m0/s1. The van der Waals surface area contributed by atoms with Gasteiger partial charge < -0.3 is 14.0 Å². The van der Waals surface area contributed by atoms with Crippen LogP contribution in [0, 0.1) is 24.0 Å². The summed E-state index contributed by atoms with van der Waals surface area (Å²) in [7, 11) is 0. The molecule has 0 N–H and O–H groups in total. The van der Waals surface area contributed by atoms with Crippen molar-refractivity contribution in [3.8, 4) is 11.4 Å². The molecule has 6 rings (SSSR count). The van der Waals surface area contributed by atoms with Crippen molar-refractivity contribution in [3.05, 3.63) is 142 Å². The monoisotopic (exact) mass is 708 g/mol. The summed E-state index contributed by atoms with van der Waals surface area (Å²) in [6.07, 6.45) is 1.77. The number of allylic oxidation sites excluding steroid dienone is 1. The molecule has 256 valence electrons. The summed E-state index contributed by atoms with van der Waals surface area (Å²) in [6, 6.07) is 23.3. The van der Waals surface area contributed by atoms with E-state index in [1.54, 1.807) is 30.5 Å². The van der Waals surface area contributed by atoms with Gasteiger partial charge in [0.15, 0.2) is 4.80 Å². The average molecular weight is 709 g/mol. The van der Waals surface area contributed by atoms with Crippen molar-refractivity contribution in [2.75, 3.05) is 6.61 Å². The van der Waals surface area contributed by atoms with Gasteiger partial charge in [0.1, 0.15) is 11.8 Å². The molecule has 0 fully saturated rings. The third-order valence-electron chi connectivity index (χ3n) is 8.23.